The molecule has 0 saturated heterocycles. The molecule has 0 aliphatic heterocycles. The molecule has 1 atom stereocenters. The maximum Gasteiger partial charge on any atom is 0.0113 e. The monoisotopic (exact) mass is 237 g/mol. The van der Waals surface area contributed by atoms with E-state index in [2.05, 4.69) is 29.8 Å². The normalized spacial score (nSPS) is 17.6. The second kappa shape index (κ2) is 6.41. The Bertz CT molecular complexity index is 277. The molecule has 1 nitrogen and oxygen atoms in total. The molecule has 0 aromatic carbocycles. The van der Waals surface area contributed by atoms with Gasteiger partial charge in [0.15, 0.2) is 0 Å². The summed E-state index contributed by atoms with van der Waals surface area (Å²) in [5.41, 5.74) is 0. The maximum atomic E-state index is 3.70. The van der Waals surface area contributed by atoms with Gasteiger partial charge in [-0.2, -0.15) is 0 Å². The molecular formula is C14H23NS. The minimum Gasteiger partial charge on any atom is -0.314 e. The van der Waals surface area contributed by atoms with E-state index in [9.17, 15) is 0 Å². The Kier molecular flexibility index (Phi) is 4.86. The van der Waals surface area contributed by atoms with Gasteiger partial charge in [-0.05, 0) is 49.6 Å². The lowest BCUT2D eigenvalue weighted by molar-refractivity contribution is 0.479. The largest absolute Gasteiger partial charge is 0.314 e. The van der Waals surface area contributed by atoms with Gasteiger partial charge in [0.2, 0.25) is 0 Å². The average molecular weight is 237 g/mol. The van der Waals surface area contributed by atoms with E-state index in [0.29, 0.717) is 6.04 Å². The molecule has 0 spiro atoms. The van der Waals surface area contributed by atoms with Gasteiger partial charge in [-0.3, -0.25) is 0 Å². The summed E-state index contributed by atoms with van der Waals surface area (Å²) in [6, 6.07) is 5.08. The van der Waals surface area contributed by atoms with E-state index in [1.165, 1.54) is 49.9 Å². The molecular weight excluding hydrogens is 214 g/mol. The summed E-state index contributed by atoms with van der Waals surface area (Å²) in [7, 11) is 0. The smallest absolute Gasteiger partial charge is 0.0113 e. The fraction of sp³-hybridized carbons (Fsp3) is 0.714. The van der Waals surface area contributed by atoms with Crippen molar-refractivity contribution in [1.29, 1.82) is 0 Å². The van der Waals surface area contributed by atoms with Crippen molar-refractivity contribution in [1.82, 2.24) is 5.32 Å². The second-order valence-electron chi connectivity index (χ2n) is 4.93. The lowest BCUT2D eigenvalue weighted by atomic mass is 10.1. The van der Waals surface area contributed by atoms with Crippen molar-refractivity contribution in [3.8, 4) is 0 Å². The molecule has 0 amide bonds. The molecule has 1 N–H and O–H groups in total. The van der Waals surface area contributed by atoms with Crippen LogP contribution in [0, 0.1) is 5.92 Å². The third kappa shape index (κ3) is 4.26. The Balaban J connectivity index is 1.60. The van der Waals surface area contributed by atoms with E-state index < -0.39 is 0 Å². The Hall–Kier alpha value is -0.340. The second-order valence-corrected chi connectivity index (χ2v) is 5.96. The zero-order chi connectivity index (χ0) is 11.2. The number of hydrogen-bond acceptors (Lipinski definition) is 2. The topological polar surface area (TPSA) is 12.0 Å². The summed E-state index contributed by atoms with van der Waals surface area (Å²) in [6.07, 6.45) is 8.24. The molecule has 1 unspecified atom stereocenters. The fourth-order valence-electron chi connectivity index (χ4n) is 2.14. The minimum atomic E-state index is 0.679. The Morgan fingerprint density at radius 3 is 3.00 bits per heavy atom. The van der Waals surface area contributed by atoms with Crippen LogP contribution in [0.5, 0.6) is 0 Å². The quantitative estimate of drug-likeness (QED) is 0.677. The van der Waals surface area contributed by atoms with E-state index in [1.54, 1.807) is 0 Å². The SMILES string of the molecule is CCC(Cc1cccs1)NCCCC1CC1. The molecule has 1 saturated carbocycles. The zero-order valence-electron chi connectivity index (χ0n) is 10.2. The number of rotatable bonds is 8. The summed E-state index contributed by atoms with van der Waals surface area (Å²) in [5, 5.41) is 5.87. The summed E-state index contributed by atoms with van der Waals surface area (Å²) < 4.78 is 0. The summed E-state index contributed by atoms with van der Waals surface area (Å²) in [4.78, 5) is 1.52. The highest BCUT2D eigenvalue weighted by Gasteiger charge is 2.20. The van der Waals surface area contributed by atoms with Gasteiger partial charge >= 0.3 is 0 Å². The first-order valence-corrected chi connectivity index (χ1v) is 7.52. The standard InChI is InChI=1S/C14H23NS/c1-2-13(11-14-6-4-10-16-14)15-9-3-5-12-7-8-12/h4,6,10,12-13,15H,2-3,5,7-9,11H2,1H3. The Morgan fingerprint density at radius 2 is 2.38 bits per heavy atom. The molecule has 1 aliphatic rings. The van der Waals surface area contributed by atoms with Gasteiger partial charge < -0.3 is 5.32 Å². The highest BCUT2D eigenvalue weighted by Crippen LogP contribution is 2.33. The lowest BCUT2D eigenvalue weighted by Gasteiger charge is -2.15. The molecule has 16 heavy (non-hydrogen) atoms. The van der Waals surface area contributed by atoms with Crippen LogP contribution in [-0.4, -0.2) is 12.6 Å². The molecule has 90 valence electrons. The fourth-order valence-corrected chi connectivity index (χ4v) is 2.92. The minimum absolute atomic E-state index is 0.679. The van der Waals surface area contributed by atoms with E-state index in [4.69, 9.17) is 0 Å². The number of thiophene rings is 1. The predicted octanol–water partition coefficient (Wildman–Crippen LogP) is 3.85. The van der Waals surface area contributed by atoms with Gasteiger partial charge in [0.05, 0.1) is 0 Å². The van der Waals surface area contributed by atoms with Gasteiger partial charge in [-0.25, -0.2) is 0 Å². The van der Waals surface area contributed by atoms with Gasteiger partial charge in [0, 0.05) is 10.9 Å². The van der Waals surface area contributed by atoms with Crippen molar-refractivity contribution in [2.24, 2.45) is 5.92 Å². The molecule has 1 heterocycles. The van der Waals surface area contributed by atoms with Crippen molar-refractivity contribution in [2.45, 2.75) is 51.5 Å². The van der Waals surface area contributed by atoms with Crippen molar-refractivity contribution >= 4 is 11.3 Å². The highest BCUT2D eigenvalue weighted by molar-refractivity contribution is 7.09. The predicted molar refractivity (Wildman–Crippen MR) is 72.1 cm³/mol. The molecule has 1 aromatic heterocycles. The van der Waals surface area contributed by atoms with E-state index in [0.717, 1.165) is 5.92 Å². The highest BCUT2D eigenvalue weighted by atomic mass is 32.1. The van der Waals surface area contributed by atoms with Gasteiger partial charge in [-0.15, -0.1) is 11.3 Å². The van der Waals surface area contributed by atoms with E-state index in [1.807, 2.05) is 11.3 Å². The molecule has 1 fully saturated rings. The Morgan fingerprint density at radius 1 is 1.50 bits per heavy atom. The van der Waals surface area contributed by atoms with Gasteiger partial charge in [0.25, 0.3) is 0 Å². The molecule has 0 radical (unpaired) electrons. The van der Waals surface area contributed by atoms with Crippen molar-refractivity contribution in [3.05, 3.63) is 22.4 Å². The summed E-state index contributed by atoms with van der Waals surface area (Å²) in [5.74, 6) is 1.08. The van der Waals surface area contributed by atoms with Crippen LogP contribution in [0.1, 0.15) is 43.9 Å². The van der Waals surface area contributed by atoms with Crippen LogP contribution >= 0.6 is 11.3 Å². The first kappa shape index (κ1) is 12.1. The zero-order valence-corrected chi connectivity index (χ0v) is 11.1. The molecule has 0 bridgehead atoms. The van der Waals surface area contributed by atoms with Crippen LogP contribution < -0.4 is 5.32 Å². The van der Waals surface area contributed by atoms with E-state index in [-0.39, 0.29) is 0 Å². The number of hydrogen-bond donors (Lipinski definition) is 1. The molecule has 1 aromatic rings. The summed E-state index contributed by atoms with van der Waals surface area (Å²) >= 11 is 1.88. The molecule has 1 aliphatic carbocycles. The summed E-state index contributed by atoms with van der Waals surface area (Å²) in [6.45, 7) is 3.49. The lowest BCUT2D eigenvalue weighted by Crippen LogP contribution is -2.31. The third-order valence-corrected chi connectivity index (χ3v) is 4.34. The van der Waals surface area contributed by atoms with Crippen LogP contribution in [-0.2, 0) is 6.42 Å². The van der Waals surface area contributed by atoms with Gasteiger partial charge in [0.1, 0.15) is 0 Å². The van der Waals surface area contributed by atoms with Crippen molar-refractivity contribution in [2.75, 3.05) is 6.54 Å². The maximum absolute atomic E-state index is 3.70. The average Bonchev–Trinajstić information content (AvgIpc) is 2.99. The molecule has 2 rings (SSSR count). The van der Waals surface area contributed by atoms with Crippen molar-refractivity contribution < 1.29 is 0 Å². The van der Waals surface area contributed by atoms with E-state index >= 15 is 0 Å². The van der Waals surface area contributed by atoms with Crippen LogP contribution in [0.3, 0.4) is 0 Å². The third-order valence-electron chi connectivity index (χ3n) is 3.44. The van der Waals surface area contributed by atoms with Crippen LogP contribution in [0.15, 0.2) is 17.5 Å². The number of nitrogens with one attached hydrogen (secondary N) is 1. The molecule has 2 heteroatoms. The first-order valence-electron chi connectivity index (χ1n) is 6.64. The van der Waals surface area contributed by atoms with Gasteiger partial charge in [-0.1, -0.05) is 25.8 Å². The van der Waals surface area contributed by atoms with Crippen LogP contribution in [0.2, 0.25) is 0 Å². The van der Waals surface area contributed by atoms with Crippen molar-refractivity contribution in [3.63, 3.8) is 0 Å². The Labute approximate surface area is 103 Å². The van der Waals surface area contributed by atoms with Crippen LogP contribution in [0.25, 0.3) is 0 Å². The van der Waals surface area contributed by atoms with Crippen LogP contribution in [0.4, 0.5) is 0 Å². The first-order chi connectivity index (χ1) is 7.88.